The Bertz CT molecular complexity index is 1290. The van der Waals surface area contributed by atoms with Crippen LogP contribution >= 0.6 is 11.6 Å². The fraction of sp³-hybridized carbons (Fsp3) is 0.448. The number of benzene rings is 2. The summed E-state index contributed by atoms with van der Waals surface area (Å²) >= 11 is 6.13. The van der Waals surface area contributed by atoms with Crippen molar-refractivity contribution in [3.8, 4) is 0 Å². The maximum absolute atomic E-state index is 14.3. The van der Waals surface area contributed by atoms with Crippen LogP contribution < -0.4 is 0 Å². The number of aryl methyl sites for hydroxylation is 1. The summed E-state index contributed by atoms with van der Waals surface area (Å²) in [6.45, 7) is 11.4. The maximum atomic E-state index is 14.3. The number of halogens is 1. The molecule has 0 amide bonds. The first-order valence-electron chi connectivity index (χ1n) is 12.5. The van der Waals surface area contributed by atoms with Crippen molar-refractivity contribution in [3.05, 3.63) is 76.3 Å². The number of rotatable bonds is 9. The van der Waals surface area contributed by atoms with E-state index >= 15 is 0 Å². The Morgan fingerprint density at radius 2 is 1.65 bits per heavy atom. The van der Waals surface area contributed by atoms with Gasteiger partial charge in [-0.3, -0.25) is 9.59 Å². The highest BCUT2D eigenvalue weighted by Gasteiger charge is 2.49. The highest BCUT2D eigenvalue weighted by atomic mass is 35.5. The van der Waals surface area contributed by atoms with Gasteiger partial charge in [0.25, 0.3) is 0 Å². The van der Waals surface area contributed by atoms with Crippen molar-refractivity contribution in [2.24, 2.45) is 17.3 Å². The minimum Gasteiger partial charge on any atom is -0.481 e. The molecule has 0 saturated heterocycles. The molecule has 1 N–H and O–H groups in total. The summed E-state index contributed by atoms with van der Waals surface area (Å²) in [5.41, 5.74) is 0.956. The number of carboxylic acids is 1. The molecule has 3 rings (SSSR count). The van der Waals surface area contributed by atoms with Gasteiger partial charge in [-0.1, -0.05) is 82.6 Å². The molecule has 1 heterocycles. The maximum Gasteiger partial charge on any atom is 0.306 e. The molecule has 0 aliphatic carbocycles. The number of sulfonamides is 1. The lowest BCUT2D eigenvalue weighted by molar-refractivity contribution is -0.144. The number of ketones is 1. The Morgan fingerprint density at radius 3 is 2.16 bits per heavy atom. The summed E-state index contributed by atoms with van der Waals surface area (Å²) in [5, 5.41) is 10.3. The normalized spacial score (nSPS) is 19.6. The van der Waals surface area contributed by atoms with Crippen LogP contribution in [0.3, 0.4) is 0 Å². The lowest BCUT2D eigenvalue weighted by Gasteiger charge is -2.37. The van der Waals surface area contributed by atoms with E-state index < -0.39 is 39.4 Å². The molecule has 3 atom stereocenters. The average molecular weight is 546 g/mol. The van der Waals surface area contributed by atoms with E-state index in [2.05, 4.69) is 0 Å². The third-order valence-electron chi connectivity index (χ3n) is 6.74. The van der Waals surface area contributed by atoms with Crippen molar-refractivity contribution < 1.29 is 23.1 Å². The molecule has 0 bridgehead atoms. The standard InChI is InChI=1S/C29H36ClNO5S/c1-18(2)15-21(28(33)34)16-24(32)23-17-26(29(4,5)6)31(27(23)20-11-13-22(30)14-12-20)37(35,36)25-10-8-7-9-19(25)3/h7-14,17-18,21,26-27H,15-16H2,1-6H3,(H,33,34)/t21-,26+,27?/m1/s1. The molecule has 200 valence electrons. The van der Waals surface area contributed by atoms with Gasteiger partial charge in [-0.05, 0) is 54.0 Å². The van der Waals surface area contributed by atoms with Crippen molar-refractivity contribution in [1.29, 1.82) is 0 Å². The molecule has 0 aromatic heterocycles. The molecular weight excluding hydrogens is 510 g/mol. The quantitative estimate of drug-likeness (QED) is 0.391. The van der Waals surface area contributed by atoms with E-state index in [-0.39, 0.29) is 23.0 Å². The number of aliphatic carboxylic acids is 1. The van der Waals surface area contributed by atoms with E-state index in [1.54, 1.807) is 61.5 Å². The molecule has 2 aromatic carbocycles. The highest BCUT2D eigenvalue weighted by molar-refractivity contribution is 7.89. The van der Waals surface area contributed by atoms with Crippen LogP contribution in [0.5, 0.6) is 0 Å². The van der Waals surface area contributed by atoms with Crippen LogP contribution in [-0.4, -0.2) is 35.6 Å². The van der Waals surface area contributed by atoms with Gasteiger partial charge in [0.15, 0.2) is 5.78 Å². The van der Waals surface area contributed by atoms with Gasteiger partial charge in [0.05, 0.1) is 16.9 Å². The Hall–Kier alpha value is -2.48. The number of carbonyl (C=O) groups is 2. The zero-order valence-corrected chi connectivity index (χ0v) is 23.8. The van der Waals surface area contributed by atoms with Crippen LogP contribution in [0.1, 0.15) is 64.6 Å². The van der Waals surface area contributed by atoms with E-state index in [0.29, 0.717) is 28.1 Å². The van der Waals surface area contributed by atoms with Crippen LogP contribution in [0.2, 0.25) is 5.02 Å². The third-order valence-corrected chi connectivity index (χ3v) is 9.00. The number of nitrogens with zero attached hydrogens (tertiary/aromatic N) is 1. The Kier molecular flexibility index (Phi) is 8.72. The molecule has 37 heavy (non-hydrogen) atoms. The summed E-state index contributed by atoms with van der Waals surface area (Å²) in [7, 11) is -4.06. The molecule has 1 aliphatic heterocycles. The molecule has 0 radical (unpaired) electrons. The average Bonchev–Trinajstić information content (AvgIpc) is 3.21. The minimum absolute atomic E-state index is 0.0961. The Balaban J connectivity index is 2.20. The number of carboxylic acid groups (broad SMARTS) is 1. The van der Waals surface area contributed by atoms with Gasteiger partial charge in [-0.2, -0.15) is 4.31 Å². The second-order valence-electron chi connectivity index (χ2n) is 11.3. The van der Waals surface area contributed by atoms with Crippen molar-refractivity contribution in [3.63, 3.8) is 0 Å². The largest absolute Gasteiger partial charge is 0.481 e. The summed E-state index contributed by atoms with van der Waals surface area (Å²) < 4.78 is 30.0. The van der Waals surface area contributed by atoms with E-state index in [1.165, 1.54) is 4.31 Å². The predicted molar refractivity (Wildman–Crippen MR) is 146 cm³/mol. The summed E-state index contributed by atoms with van der Waals surface area (Å²) in [4.78, 5) is 25.9. The lowest BCUT2D eigenvalue weighted by Crippen LogP contribution is -2.45. The number of hydrogen-bond acceptors (Lipinski definition) is 4. The number of hydrogen-bond donors (Lipinski definition) is 1. The van der Waals surface area contributed by atoms with Crippen LogP contribution in [-0.2, 0) is 19.6 Å². The predicted octanol–water partition coefficient (Wildman–Crippen LogP) is 6.44. The van der Waals surface area contributed by atoms with Crippen LogP contribution in [0.25, 0.3) is 0 Å². The molecule has 1 unspecified atom stereocenters. The van der Waals surface area contributed by atoms with Gasteiger partial charge >= 0.3 is 5.97 Å². The Morgan fingerprint density at radius 1 is 1.05 bits per heavy atom. The van der Waals surface area contributed by atoms with Crippen molar-refractivity contribution >= 4 is 33.4 Å². The monoisotopic (exact) mass is 545 g/mol. The minimum atomic E-state index is -4.06. The molecular formula is C29H36ClNO5S. The number of carbonyl (C=O) groups excluding carboxylic acids is 1. The molecule has 0 spiro atoms. The Labute approximate surface area is 225 Å². The fourth-order valence-electron chi connectivity index (χ4n) is 4.91. The molecule has 0 fully saturated rings. The molecule has 8 heteroatoms. The van der Waals surface area contributed by atoms with E-state index in [4.69, 9.17) is 11.6 Å². The van der Waals surface area contributed by atoms with Crippen LogP contribution in [0.15, 0.2) is 65.1 Å². The molecule has 2 aromatic rings. The first-order chi connectivity index (χ1) is 17.1. The van der Waals surface area contributed by atoms with Gasteiger partial charge in [0.1, 0.15) is 0 Å². The smallest absolute Gasteiger partial charge is 0.306 e. The summed E-state index contributed by atoms with van der Waals surface area (Å²) in [6.07, 6.45) is 1.89. The van der Waals surface area contributed by atoms with Crippen molar-refractivity contribution in [2.75, 3.05) is 0 Å². The van der Waals surface area contributed by atoms with Gasteiger partial charge in [0.2, 0.25) is 10.0 Å². The molecule has 0 saturated carbocycles. The SMILES string of the molecule is Cc1ccccc1S(=O)(=O)N1C(c2ccc(Cl)cc2)C(C(=O)C[C@@H](CC(C)C)C(=O)O)=C[C@H]1C(C)(C)C. The molecule has 6 nitrogen and oxygen atoms in total. The topological polar surface area (TPSA) is 91.8 Å². The number of Topliss-reactive ketones (excluding diaryl/α,β-unsaturated/α-hetero) is 1. The second kappa shape index (κ2) is 11.1. The fourth-order valence-corrected chi connectivity index (χ4v) is 7.18. The van der Waals surface area contributed by atoms with E-state index in [0.717, 1.165) is 0 Å². The second-order valence-corrected chi connectivity index (χ2v) is 13.5. The lowest BCUT2D eigenvalue weighted by atomic mass is 9.86. The van der Waals surface area contributed by atoms with Crippen molar-refractivity contribution in [1.82, 2.24) is 4.31 Å². The third kappa shape index (κ3) is 6.33. The van der Waals surface area contributed by atoms with Gasteiger partial charge in [0, 0.05) is 23.1 Å². The first kappa shape index (κ1) is 29.1. The van der Waals surface area contributed by atoms with Crippen LogP contribution in [0, 0.1) is 24.2 Å². The van der Waals surface area contributed by atoms with Crippen molar-refractivity contribution in [2.45, 2.75) is 71.4 Å². The summed E-state index contributed by atoms with van der Waals surface area (Å²) in [6, 6.07) is 12.0. The van der Waals surface area contributed by atoms with Gasteiger partial charge in [-0.25, -0.2) is 8.42 Å². The van der Waals surface area contributed by atoms with E-state index in [1.807, 2.05) is 34.6 Å². The molecule has 1 aliphatic rings. The van der Waals surface area contributed by atoms with Gasteiger partial charge in [-0.15, -0.1) is 0 Å². The van der Waals surface area contributed by atoms with Crippen LogP contribution in [0.4, 0.5) is 0 Å². The zero-order valence-electron chi connectivity index (χ0n) is 22.2. The highest BCUT2D eigenvalue weighted by Crippen LogP contribution is 2.47. The summed E-state index contributed by atoms with van der Waals surface area (Å²) in [5.74, 6) is -2.14. The van der Waals surface area contributed by atoms with E-state index in [9.17, 15) is 23.1 Å². The first-order valence-corrected chi connectivity index (χ1v) is 14.3. The zero-order chi connectivity index (χ0) is 27.7. The van der Waals surface area contributed by atoms with Gasteiger partial charge < -0.3 is 5.11 Å².